The Labute approximate surface area is 192 Å². The van der Waals surface area contributed by atoms with Gasteiger partial charge in [0.15, 0.2) is 11.3 Å². The molecule has 0 unspecified atom stereocenters. The van der Waals surface area contributed by atoms with E-state index in [0.29, 0.717) is 11.3 Å². The van der Waals surface area contributed by atoms with Crippen molar-refractivity contribution in [2.75, 3.05) is 31.7 Å². The second-order valence-corrected chi connectivity index (χ2v) is 9.27. The molecule has 33 heavy (non-hydrogen) atoms. The van der Waals surface area contributed by atoms with E-state index in [1.54, 1.807) is 16.8 Å². The number of esters is 1. The smallest absolute Gasteiger partial charge is 0.356 e. The van der Waals surface area contributed by atoms with Crippen LogP contribution in [0.5, 0.6) is 0 Å². The van der Waals surface area contributed by atoms with Crippen molar-refractivity contribution in [2.24, 2.45) is 0 Å². The fourth-order valence-corrected chi connectivity index (χ4v) is 5.05. The molecule has 0 N–H and O–H groups in total. The van der Waals surface area contributed by atoms with Crippen molar-refractivity contribution in [3.63, 3.8) is 0 Å². The van der Waals surface area contributed by atoms with E-state index in [4.69, 9.17) is 14.6 Å². The van der Waals surface area contributed by atoms with Crippen LogP contribution in [0.3, 0.4) is 0 Å². The summed E-state index contributed by atoms with van der Waals surface area (Å²) in [5.41, 5.74) is 3.31. The van der Waals surface area contributed by atoms with Gasteiger partial charge < -0.3 is 14.4 Å². The zero-order valence-corrected chi connectivity index (χ0v) is 19.3. The maximum absolute atomic E-state index is 13.6. The first kappa shape index (κ1) is 21.8. The highest BCUT2D eigenvalue weighted by atomic mass is 19.1. The number of pyridine rings is 1. The van der Waals surface area contributed by atoms with Crippen molar-refractivity contribution in [3.8, 4) is 5.69 Å². The second kappa shape index (κ2) is 8.41. The molecule has 8 heteroatoms. The first-order chi connectivity index (χ1) is 15.9. The number of ether oxygens (including phenoxy) is 2. The zero-order valence-electron chi connectivity index (χ0n) is 19.3. The Bertz CT molecular complexity index is 1170. The molecule has 2 aromatic heterocycles. The Hall–Kier alpha value is -3.00. The molecular formula is C25H29FN4O3. The van der Waals surface area contributed by atoms with Gasteiger partial charge in [-0.2, -0.15) is 5.10 Å². The largest absolute Gasteiger partial charge is 0.464 e. The van der Waals surface area contributed by atoms with Crippen molar-refractivity contribution in [1.82, 2.24) is 14.8 Å². The lowest BCUT2D eigenvalue weighted by Crippen LogP contribution is -2.44. The first-order valence-electron chi connectivity index (χ1n) is 11.6. The second-order valence-electron chi connectivity index (χ2n) is 9.27. The van der Waals surface area contributed by atoms with Gasteiger partial charge in [0.25, 0.3) is 0 Å². The van der Waals surface area contributed by atoms with Crippen LogP contribution in [-0.4, -0.2) is 53.1 Å². The van der Waals surface area contributed by atoms with Crippen LogP contribution in [-0.2, 0) is 9.47 Å². The van der Waals surface area contributed by atoms with Crippen LogP contribution in [0.2, 0.25) is 0 Å². The minimum atomic E-state index is -0.497. The summed E-state index contributed by atoms with van der Waals surface area (Å²) in [5, 5.41) is 5.79. The van der Waals surface area contributed by atoms with Crippen LogP contribution in [0.4, 0.5) is 10.1 Å². The molecule has 1 aromatic carbocycles. The third-order valence-corrected chi connectivity index (χ3v) is 6.86. The van der Waals surface area contributed by atoms with Crippen molar-refractivity contribution < 1.29 is 18.7 Å². The molecule has 0 saturated carbocycles. The molecular weight excluding hydrogens is 423 g/mol. The summed E-state index contributed by atoms with van der Waals surface area (Å²) >= 11 is 0. The fraction of sp³-hybridized carbons (Fsp3) is 0.480. The van der Waals surface area contributed by atoms with E-state index < -0.39 is 5.97 Å². The minimum Gasteiger partial charge on any atom is -0.464 e. The quantitative estimate of drug-likeness (QED) is 0.538. The predicted molar refractivity (Wildman–Crippen MR) is 124 cm³/mol. The topological polar surface area (TPSA) is 69.5 Å². The highest BCUT2D eigenvalue weighted by Gasteiger charge is 2.39. The highest BCUT2D eigenvalue weighted by molar-refractivity contribution is 5.99. The van der Waals surface area contributed by atoms with Crippen LogP contribution in [0.1, 0.15) is 61.6 Å². The van der Waals surface area contributed by atoms with E-state index in [1.807, 2.05) is 6.07 Å². The molecule has 3 aromatic rings. The number of rotatable bonds is 4. The summed E-state index contributed by atoms with van der Waals surface area (Å²) in [6.07, 6.45) is 4.13. The number of anilines is 1. The molecule has 0 amide bonds. The molecule has 2 aliphatic heterocycles. The average molecular weight is 453 g/mol. The maximum Gasteiger partial charge on any atom is 0.356 e. The van der Waals surface area contributed by atoms with Gasteiger partial charge in [0.1, 0.15) is 5.82 Å². The summed E-state index contributed by atoms with van der Waals surface area (Å²) in [6, 6.07) is 7.95. The number of hydrogen-bond donors (Lipinski definition) is 0. The molecule has 0 radical (unpaired) electrons. The third kappa shape index (κ3) is 3.86. The van der Waals surface area contributed by atoms with Crippen LogP contribution >= 0.6 is 0 Å². The molecule has 0 bridgehead atoms. The lowest BCUT2D eigenvalue weighted by molar-refractivity contribution is -0.0145. The Morgan fingerprint density at radius 1 is 1.18 bits per heavy atom. The molecule has 174 valence electrons. The maximum atomic E-state index is 13.6. The van der Waals surface area contributed by atoms with Gasteiger partial charge in [0.05, 0.1) is 35.2 Å². The van der Waals surface area contributed by atoms with Crippen LogP contribution in [0, 0.1) is 5.82 Å². The monoisotopic (exact) mass is 452 g/mol. The highest BCUT2D eigenvalue weighted by Crippen LogP contribution is 2.40. The van der Waals surface area contributed by atoms with Gasteiger partial charge in [0.2, 0.25) is 0 Å². The number of hydrogen-bond acceptors (Lipinski definition) is 6. The Morgan fingerprint density at radius 2 is 1.91 bits per heavy atom. The normalized spacial score (nSPS) is 17.9. The number of carbonyl (C=O) groups excluding carboxylic acids is 1. The summed E-state index contributed by atoms with van der Waals surface area (Å²) in [6.45, 7) is 6.69. The summed E-state index contributed by atoms with van der Waals surface area (Å²) < 4.78 is 26.4. The number of halogens is 1. The Morgan fingerprint density at radius 3 is 2.52 bits per heavy atom. The molecule has 4 heterocycles. The van der Waals surface area contributed by atoms with Gasteiger partial charge >= 0.3 is 5.97 Å². The summed E-state index contributed by atoms with van der Waals surface area (Å²) in [5.74, 6) is -0.684. The van der Waals surface area contributed by atoms with E-state index in [1.165, 1.54) is 19.2 Å². The number of nitrogens with zero attached hydrogens (tertiary/aromatic N) is 4. The number of carbonyl (C=O) groups is 1. The van der Waals surface area contributed by atoms with Crippen molar-refractivity contribution >= 4 is 22.7 Å². The van der Waals surface area contributed by atoms with Gasteiger partial charge in [-0.05, 0) is 61.9 Å². The number of fused-ring (bicyclic) bond motifs is 1. The van der Waals surface area contributed by atoms with E-state index in [9.17, 15) is 9.18 Å². The Kier molecular flexibility index (Phi) is 5.56. The third-order valence-electron chi connectivity index (χ3n) is 6.86. The van der Waals surface area contributed by atoms with Crippen molar-refractivity contribution in [3.05, 3.63) is 47.5 Å². The number of aromatic nitrogens is 3. The molecule has 7 nitrogen and oxygen atoms in total. The van der Waals surface area contributed by atoms with Gasteiger partial charge in [-0.1, -0.05) is 13.8 Å². The van der Waals surface area contributed by atoms with Crippen molar-refractivity contribution in [1.29, 1.82) is 0 Å². The van der Waals surface area contributed by atoms with Gasteiger partial charge in [0, 0.05) is 19.7 Å². The summed E-state index contributed by atoms with van der Waals surface area (Å²) in [7, 11) is 1.35. The SMILES string of the molecule is COC(=O)c1cc(N2CCC3(CCCO3)CC2)c2c(C(C)C)nn(-c3ccc(F)cc3)c2n1. The van der Waals surface area contributed by atoms with Crippen LogP contribution in [0.15, 0.2) is 30.3 Å². The molecule has 2 aliphatic rings. The van der Waals surface area contributed by atoms with Gasteiger partial charge in [-0.15, -0.1) is 0 Å². The van der Waals surface area contributed by atoms with Crippen molar-refractivity contribution in [2.45, 2.75) is 51.0 Å². The molecule has 0 aliphatic carbocycles. The summed E-state index contributed by atoms with van der Waals surface area (Å²) in [4.78, 5) is 19.5. The number of benzene rings is 1. The molecule has 2 fully saturated rings. The van der Waals surface area contributed by atoms with Crippen LogP contribution in [0.25, 0.3) is 16.7 Å². The molecule has 1 spiro atoms. The number of piperidine rings is 1. The lowest BCUT2D eigenvalue weighted by atomic mass is 9.88. The van der Waals surface area contributed by atoms with Crippen LogP contribution < -0.4 is 4.90 Å². The average Bonchev–Trinajstić information content (AvgIpc) is 3.44. The molecule has 5 rings (SSSR count). The zero-order chi connectivity index (χ0) is 23.2. The fourth-order valence-electron chi connectivity index (χ4n) is 5.05. The van der Waals surface area contributed by atoms with E-state index in [2.05, 4.69) is 23.7 Å². The standard InChI is InChI=1S/C25H29FN4O3/c1-16(2)22-21-20(29-12-10-25(11-13-29)9-4-14-33-25)15-19(24(31)32-3)27-23(21)30(28-22)18-7-5-17(26)6-8-18/h5-8,15-16H,4,9-14H2,1-3H3. The van der Waals surface area contributed by atoms with E-state index in [-0.39, 0.29) is 23.0 Å². The van der Waals surface area contributed by atoms with Gasteiger partial charge in [-0.25, -0.2) is 18.9 Å². The lowest BCUT2D eigenvalue weighted by Gasteiger charge is -2.40. The predicted octanol–water partition coefficient (Wildman–Crippen LogP) is 4.62. The first-order valence-corrected chi connectivity index (χ1v) is 11.6. The Balaban J connectivity index is 1.67. The van der Waals surface area contributed by atoms with E-state index in [0.717, 1.165) is 62.1 Å². The minimum absolute atomic E-state index is 0.00695. The molecule has 0 atom stereocenters. The number of methoxy groups -OCH3 is 1. The van der Waals surface area contributed by atoms with Gasteiger partial charge in [-0.3, -0.25) is 0 Å². The molecule has 2 saturated heterocycles. The van der Waals surface area contributed by atoms with E-state index >= 15 is 0 Å².